The van der Waals surface area contributed by atoms with Gasteiger partial charge in [0.25, 0.3) is 0 Å². The van der Waals surface area contributed by atoms with E-state index in [1.54, 1.807) is 20.8 Å². The number of nitrogens with zero attached hydrogens (tertiary/aromatic N) is 2. The highest BCUT2D eigenvalue weighted by Gasteiger charge is 2.26. The lowest BCUT2D eigenvalue weighted by atomic mass is 10.2. The zero-order valence-electron chi connectivity index (χ0n) is 10.3. The average molecular weight is 246 g/mol. The van der Waals surface area contributed by atoms with Gasteiger partial charge in [-0.3, -0.25) is 4.84 Å². The molecule has 7 nitrogen and oxygen atoms in total. The first-order valence-corrected chi connectivity index (χ1v) is 5.41. The summed E-state index contributed by atoms with van der Waals surface area (Å²) >= 11 is 0. The Morgan fingerprint density at radius 1 is 1.24 bits per heavy atom. The largest absolute Gasteiger partial charge is 0.465 e. The van der Waals surface area contributed by atoms with Crippen molar-refractivity contribution in [1.82, 2.24) is 9.96 Å². The summed E-state index contributed by atoms with van der Waals surface area (Å²) in [6.45, 7) is 6.04. The van der Waals surface area contributed by atoms with Gasteiger partial charge in [0.05, 0.1) is 19.7 Å². The second-order valence-corrected chi connectivity index (χ2v) is 4.69. The number of ether oxygens (including phenoxy) is 1. The summed E-state index contributed by atoms with van der Waals surface area (Å²) in [5.74, 6) is 0. The molecule has 0 aromatic heterocycles. The van der Waals surface area contributed by atoms with E-state index in [2.05, 4.69) is 0 Å². The number of amides is 2. The molecule has 0 aliphatic carbocycles. The van der Waals surface area contributed by atoms with Crippen molar-refractivity contribution in [2.75, 3.05) is 26.2 Å². The molecule has 1 aliphatic heterocycles. The van der Waals surface area contributed by atoms with Gasteiger partial charge in [-0.2, -0.15) is 5.06 Å². The molecule has 1 fully saturated rings. The van der Waals surface area contributed by atoms with Crippen LogP contribution in [0.15, 0.2) is 0 Å². The summed E-state index contributed by atoms with van der Waals surface area (Å²) < 4.78 is 5.12. The Balaban J connectivity index is 2.51. The quantitative estimate of drug-likeness (QED) is 0.693. The van der Waals surface area contributed by atoms with Gasteiger partial charge >= 0.3 is 12.2 Å². The fraction of sp³-hybridized carbons (Fsp3) is 0.800. The Morgan fingerprint density at radius 2 is 1.88 bits per heavy atom. The Morgan fingerprint density at radius 3 is 2.41 bits per heavy atom. The molecule has 0 unspecified atom stereocenters. The van der Waals surface area contributed by atoms with Crippen LogP contribution in [0.2, 0.25) is 0 Å². The molecule has 1 saturated heterocycles. The first-order chi connectivity index (χ1) is 7.79. The summed E-state index contributed by atoms with van der Waals surface area (Å²) in [6, 6.07) is 0. The molecule has 7 heteroatoms. The van der Waals surface area contributed by atoms with Crippen molar-refractivity contribution < 1.29 is 24.3 Å². The lowest BCUT2D eigenvalue weighted by molar-refractivity contribution is -0.137. The van der Waals surface area contributed by atoms with E-state index in [9.17, 15) is 9.59 Å². The van der Waals surface area contributed by atoms with Crippen molar-refractivity contribution in [3.05, 3.63) is 0 Å². The molecule has 0 saturated carbocycles. The van der Waals surface area contributed by atoms with Gasteiger partial charge < -0.3 is 14.7 Å². The van der Waals surface area contributed by atoms with Crippen molar-refractivity contribution in [3.8, 4) is 0 Å². The van der Waals surface area contributed by atoms with Gasteiger partial charge in [-0.25, -0.2) is 9.59 Å². The lowest BCUT2D eigenvalue weighted by Crippen LogP contribution is -2.39. The van der Waals surface area contributed by atoms with Gasteiger partial charge in [-0.1, -0.05) is 0 Å². The highest BCUT2D eigenvalue weighted by Crippen LogP contribution is 2.11. The predicted molar refractivity (Wildman–Crippen MR) is 58.5 cm³/mol. The van der Waals surface area contributed by atoms with E-state index in [0.717, 1.165) is 5.06 Å². The predicted octanol–water partition coefficient (Wildman–Crippen LogP) is 1.15. The number of carboxylic acid groups (broad SMARTS) is 1. The maximum absolute atomic E-state index is 11.7. The number of hydroxylamine groups is 2. The fourth-order valence-corrected chi connectivity index (χ4v) is 1.30. The molecule has 0 spiro atoms. The molecule has 1 aliphatic rings. The highest BCUT2D eigenvalue weighted by atomic mass is 16.7. The topological polar surface area (TPSA) is 79.3 Å². The minimum atomic E-state index is -1.01. The third-order valence-electron chi connectivity index (χ3n) is 2.05. The van der Waals surface area contributed by atoms with Crippen LogP contribution in [0.1, 0.15) is 20.8 Å². The molecule has 98 valence electrons. The van der Waals surface area contributed by atoms with Crippen LogP contribution in [-0.2, 0) is 9.57 Å². The normalized spacial score (nSPS) is 17.6. The third-order valence-corrected chi connectivity index (χ3v) is 2.05. The molecule has 0 bridgehead atoms. The summed E-state index contributed by atoms with van der Waals surface area (Å²) in [4.78, 5) is 28.7. The van der Waals surface area contributed by atoms with E-state index < -0.39 is 17.8 Å². The lowest BCUT2D eigenvalue weighted by Gasteiger charge is -2.25. The van der Waals surface area contributed by atoms with Crippen LogP contribution in [0, 0.1) is 0 Å². The molecular formula is C10H18N2O5. The van der Waals surface area contributed by atoms with E-state index in [4.69, 9.17) is 14.7 Å². The molecule has 17 heavy (non-hydrogen) atoms. The van der Waals surface area contributed by atoms with Crippen LogP contribution in [-0.4, -0.2) is 59.1 Å². The summed E-state index contributed by atoms with van der Waals surface area (Å²) in [6.07, 6.45) is -1.61. The van der Waals surface area contributed by atoms with Crippen molar-refractivity contribution in [2.24, 2.45) is 0 Å². The molecule has 1 rings (SSSR count). The van der Waals surface area contributed by atoms with Gasteiger partial charge in [0.15, 0.2) is 0 Å². The average Bonchev–Trinajstić information content (AvgIpc) is 2.39. The van der Waals surface area contributed by atoms with Crippen molar-refractivity contribution in [3.63, 3.8) is 0 Å². The van der Waals surface area contributed by atoms with Crippen LogP contribution in [0.4, 0.5) is 9.59 Å². The molecular weight excluding hydrogens is 228 g/mol. The van der Waals surface area contributed by atoms with Crippen LogP contribution in [0.25, 0.3) is 0 Å². The van der Waals surface area contributed by atoms with Crippen molar-refractivity contribution in [1.29, 1.82) is 0 Å². The smallest absolute Gasteiger partial charge is 0.434 e. The molecule has 1 N–H and O–H groups in total. The SMILES string of the molecule is CC(C)(C)OC(=O)N1CCN(C(=O)O)CCO1. The molecule has 0 aromatic rings. The minimum Gasteiger partial charge on any atom is -0.465 e. The van der Waals surface area contributed by atoms with Crippen LogP contribution < -0.4 is 0 Å². The maximum atomic E-state index is 11.7. The second kappa shape index (κ2) is 5.22. The number of carbonyl (C=O) groups is 2. The molecule has 0 aromatic carbocycles. The van der Waals surface area contributed by atoms with E-state index in [0.29, 0.717) is 0 Å². The van der Waals surface area contributed by atoms with E-state index in [1.807, 2.05) is 0 Å². The van der Waals surface area contributed by atoms with Gasteiger partial charge in [0.2, 0.25) is 0 Å². The van der Waals surface area contributed by atoms with E-state index >= 15 is 0 Å². The van der Waals surface area contributed by atoms with E-state index in [-0.39, 0.29) is 26.2 Å². The summed E-state index contributed by atoms with van der Waals surface area (Å²) in [5.41, 5.74) is -0.598. The fourth-order valence-electron chi connectivity index (χ4n) is 1.30. The molecule has 0 radical (unpaired) electrons. The summed E-state index contributed by atoms with van der Waals surface area (Å²) in [7, 11) is 0. The highest BCUT2D eigenvalue weighted by molar-refractivity contribution is 5.67. The first-order valence-electron chi connectivity index (χ1n) is 5.41. The number of carbonyl (C=O) groups excluding carboxylic acids is 1. The van der Waals surface area contributed by atoms with Gasteiger partial charge in [-0.05, 0) is 20.8 Å². The van der Waals surface area contributed by atoms with Crippen molar-refractivity contribution >= 4 is 12.2 Å². The monoisotopic (exact) mass is 246 g/mol. The van der Waals surface area contributed by atoms with Crippen LogP contribution in [0.5, 0.6) is 0 Å². The number of hydrogen-bond acceptors (Lipinski definition) is 4. The zero-order chi connectivity index (χ0) is 13.1. The van der Waals surface area contributed by atoms with Gasteiger partial charge in [0.1, 0.15) is 5.60 Å². The van der Waals surface area contributed by atoms with Crippen LogP contribution >= 0.6 is 0 Å². The van der Waals surface area contributed by atoms with E-state index in [1.165, 1.54) is 4.90 Å². The molecule has 0 atom stereocenters. The zero-order valence-corrected chi connectivity index (χ0v) is 10.3. The van der Waals surface area contributed by atoms with Gasteiger partial charge in [0, 0.05) is 6.54 Å². The summed E-state index contributed by atoms with van der Waals surface area (Å²) in [5, 5.41) is 9.87. The van der Waals surface area contributed by atoms with Crippen LogP contribution in [0.3, 0.4) is 0 Å². The Kier molecular flexibility index (Phi) is 4.17. The maximum Gasteiger partial charge on any atom is 0.434 e. The van der Waals surface area contributed by atoms with Gasteiger partial charge in [-0.15, -0.1) is 0 Å². The molecule has 1 heterocycles. The Labute approximate surface area is 99.8 Å². The Bertz CT molecular complexity index is 300. The second-order valence-electron chi connectivity index (χ2n) is 4.69. The Hall–Kier alpha value is -1.50. The number of rotatable bonds is 0. The third kappa shape index (κ3) is 4.48. The van der Waals surface area contributed by atoms with Crippen molar-refractivity contribution in [2.45, 2.75) is 26.4 Å². The first kappa shape index (κ1) is 13.6. The molecule has 2 amide bonds. The standard InChI is InChI=1S/C10H18N2O5/c1-10(2,3)17-9(15)12-5-4-11(8(13)14)6-7-16-12/h4-7H2,1-3H3,(H,13,14). The minimum absolute atomic E-state index is 0.144. The number of hydrogen-bond donors (Lipinski definition) is 1.